The van der Waals surface area contributed by atoms with E-state index in [4.69, 9.17) is 0 Å². The van der Waals surface area contributed by atoms with Crippen LogP contribution in [0.2, 0.25) is 0 Å². The first-order valence-electron chi connectivity index (χ1n) is 7.59. The molecule has 5 nitrogen and oxygen atoms in total. The van der Waals surface area contributed by atoms with Crippen LogP contribution in [0.25, 0.3) is 31.7 Å². The Balaban J connectivity index is 2.16. The minimum Gasteiger partial charge on any atom is -0.305 e. The lowest BCUT2D eigenvalue weighted by molar-refractivity contribution is -0.136. The van der Waals surface area contributed by atoms with Gasteiger partial charge >= 0.3 is 11.9 Å². The highest BCUT2D eigenvalue weighted by Crippen LogP contribution is 2.42. The highest BCUT2D eigenvalue weighted by molar-refractivity contribution is 9.10. The summed E-state index contributed by atoms with van der Waals surface area (Å²) in [5.41, 5.74) is -1.27. The van der Waals surface area contributed by atoms with Crippen molar-refractivity contribution in [1.82, 2.24) is 15.0 Å². The standard InChI is InChI=1S/C17H9BrF3N3O2S/c1-6-4-7(18)2-3-8(6)10-5-9(17(19,20)21)11-12-13(27-15(11)22-10)14(25)24-16(26)23-12/h2-5H,1H3,(H2,23,24,25,26). The number of pyridine rings is 1. The minimum absolute atomic E-state index is 0.00715. The van der Waals surface area contributed by atoms with Crippen molar-refractivity contribution in [2.75, 3.05) is 0 Å². The molecule has 0 saturated carbocycles. The van der Waals surface area contributed by atoms with Gasteiger partial charge in [-0.15, -0.1) is 11.3 Å². The molecule has 0 bridgehead atoms. The minimum atomic E-state index is -4.69. The number of hydrogen-bond acceptors (Lipinski definition) is 4. The van der Waals surface area contributed by atoms with Crippen LogP contribution >= 0.6 is 27.3 Å². The van der Waals surface area contributed by atoms with Crippen molar-refractivity contribution >= 4 is 47.7 Å². The van der Waals surface area contributed by atoms with Crippen LogP contribution in [0.4, 0.5) is 13.2 Å². The van der Waals surface area contributed by atoms with Crippen molar-refractivity contribution in [2.45, 2.75) is 13.1 Å². The number of aryl methyl sites for hydroxylation is 1. The van der Waals surface area contributed by atoms with E-state index in [1.54, 1.807) is 25.1 Å². The molecule has 0 amide bonds. The summed E-state index contributed by atoms with van der Waals surface area (Å²) in [5, 5.41) is -0.274. The molecule has 4 rings (SSSR count). The van der Waals surface area contributed by atoms with Gasteiger partial charge in [0.2, 0.25) is 0 Å². The van der Waals surface area contributed by atoms with Crippen molar-refractivity contribution in [1.29, 1.82) is 0 Å². The number of nitrogens with zero attached hydrogens (tertiary/aromatic N) is 1. The maximum absolute atomic E-state index is 13.8. The molecule has 0 aliphatic carbocycles. The summed E-state index contributed by atoms with van der Waals surface area (Å²) >= 11 is 4.13. The number of aromatic nitrogens is 3. The fourth-order valence-corrected chi connectivity index (χ4v) is 4.48. The van der Waals surface area contributed by atoms with Gasteiger partial charge < -0.3 is 4.98 Å². The second-order valence-corrected chi connectivity index (χ2v) is 7.82. The number of fused-ring (bicyclic) bond motifs is 3. The molecule has 10 heteroatoms. The smallest absolute Gasteiger partial charge is 0.305 e. The molecule has 0 atom stereocenters. The molecule has 3 heterocycles. The van der Waals surface area contributed by atoms with E-state index in [-0.39, 0.29) is 26.1 Å². The van der Waals surface area contributed by atoms with Crippen LogP contribution in [-0.4, -0.2) is 15.0 Å². The molecule has 0 saturated heterocycles. The number of hydrogen-bond donors (Lipinski definition) is 2. The van der Waals surface area contributed by atoms with Crippen molar-refractivity contribution in [3.05, 3.63) is 60.7 Å². The topological polar surface area (TPSA) is 78.6 Å². The number of rotatable bonds is 1. The van der Waals surface area contributed by atoms with Crippen LogP contribution in [0.3, 0.4) is 0 Å². The van der Waals surface area contributed by atoms with Crippen LogP contribution < -0.4 is 11.2 Å². The molecule has 4 aromatic rings. The third-order valence-corrected chi connectivity index (χ3v) is 5.68. The largest absolute Gasteiger partial charge is 0.417 e. The van der Waals surface area contributed by atoms with Gasteiger partial charge in [0.05, 0.1) is 16.8 Å². The number of nitrogens with one attached hydrogen (secondary N) is 2. The summed E-state index contributed by atoms with van der Waals surface area (Å²) < 4.78 is 42.1. The highest BCUT2D eigenvalue weighted by Gasteiger charge is 2.35. The summed E-state index contributed by atoms with van der Waals surface area (Å²) in [6.45, 7) is 1.77. The molecule has 0 aliphatic heterocycles. The average molecular weight is 456 g/mol. The predicted molar refractivity (Wildman–Crippen MR) is 101 cm³/mol. The first-order valence-corrected chi connectivity index (χ1v) is 9.19. The Morgan fingerprint density at radius 3 is 2.56 bits per heavy atom. The van der Waals surface area contributed by atoms with Gasteiger partial charge in [0, 0.05) is 15.4 Å². The second-order valence-electron chi connectivity index (χ2n) is 5.91. The van der Waals surface area contributed by atoms with E-state index >= 15 is 0 Å². The molecule has 0 radical (unpaired) electrons. The zero-order valence-electron chi connectivity index (χ0n) is 13.5. The first-order chi connectivity index (χ1) is 12.6. The molecule has 27 heavy (non-hydrogen) atoms. The van der Waals surface area contributed by atoms with Gasteiger partial charge in [0.1, 0.15) is 9.53 Å². The van der Waals surface area contributed by atoms with Crippen LogP contribution in [0.5, 0.6) is 0 Å². The van der Waals surface area contributed by atoms with Gasteiger partial charge in [-0.05, 0) is 30.7 Å². The Kier molecular flexibility index (Phi) is 4.00. The van der Waals surface area contributed by atoms with Gasteiger partial charge in [-0.3, -0.25) is 9.78 Å². The Hall–Kier alpha value is -2.46. The lowest BCUT2D eigenvalue weighted by atomic mass is 10.0. The van der Waals surface area contributed by atoms with E-state index in [1.165, 1.54) is 0 Å². The molecule has 138 valence electrons. The fourth-order valence-electron chi connectivity index (χ4n) is 2.96. The maximum atomic E-state index is 13.8. The molecule has 2 N–H and O–H groups in total. The molecular formula is C17H9BrF3N3O2S. The summed E-state index contributed by atoms with van der Waals surface area (Å²) in [5.74, 6) is 0. The fraction of sp³-hybridized carbons (Fsp3) is 0.118. The van der Waals surface area contributed by atoms with Gasteiger partial charge in [-0.1, -0.05) is 22.0 Å². The van der Waals surface area contributed by atoms with Gasteiger partial charge in [-0.2, -0.15) is 13.2 Å². The number of alkyl halides is 3. The number of halogens is 4. The molecule has 1 aromatic carbocycles. The molecule has 0 unspecified atom stereocenters. The Labute approximate surface area is 161 Å². The van der Waals surface area contributed by atoms with E-state index in [1.807, 2.05) is 4.98 Å². The SMILES string of the molecule is Cc1cc(Br)ccc1-c1cc(C(F)(F)F)c2c(n1)sc1c(=O)[nH]c(=O)[nH]c12. The molecule has 0 fully saturated rings. The summed E-state index contributed by atoms with van der Waals surface area (Å²) in [4.78, 5) is 32.3. The quantitative estimate of drug-likeness (QED) is 0.440. The summed E-state index contributed by atoms with van der Waals surface area (Å²) in [7, 11) is 0. The number of benzene rings is 1. The number of thiophene rings is 1. The van der Waals surface area contributed by atoms with E-state index in [0.29, 0.717) is 5.56 Å². The van der Waals surface area contributed by atoms with E-state index in [9.17, 15) is 22.8 Å². The average Bonchev–Trinajstić information content (AvgIpc) is 2.92. The van der Waals surface area contributed by atoms with Gasteiger partial charge in [0.25, 0.3) is 5.56 Å². The highest BCUT2D eigenvalue weighted by atomic mass is 79.9. The zero-order chi connectivity index (χ0) is 19.5. The van der Waals surface area contributed by atoms with E-state index in [0.717, 1.165) is 27.4 Å². The Morgan fingerprint density at radius 1 is 1.15 bits per heavy atom. The van der Waals surface area contributed by atoms with Gasteiger partial charge in [-0.25, -0.2) is 9.78 Å². The van der Waals surface area contributed by atoms with Crippen LogP contribution in [0.1, 0.15) is 11.1 Å². The number of aromatic amines is 2. The van der Waals surface area contributed by atoms with Crippen LogP contribution in [-0.2, 0) is 6.18 Å². The third kappa shape index (κ3) is 2.98. The van der Waals surface area contributed by atoms with E-state index < -0.39 is 23.0 Å². The Morgan fingerprint density at radius 2 is 1.89 bits per heavy atom. The number of H-pyrrole nitrogens is 2. The summed E-state index contributed by atoms with van der Waals surface area (Å²) in [6, 6.07) is 6.12. The van der Waals surface area contributed by atoms with Crippen LogP contribution in [0, 0.1) is 6.92 Å². The maximum Gasteiger partial charge on any atom is 0.417 e. The normalized spacial score (nSPS) is 12.2. The molecular weight excluding hydrogens is 447 g/mol. The predicted octanol–water partition coefficient (Wildman–Crippen LogP) is 4.58. The second kappa shape index (κ2) is 6.03. The summed E-state index contributed by atoms with van der Waals surface area (Å²) in [6.07, 6.45) is -4.69. The van der Waals surface area contributed by atoms with Crippen molar-refractivity contribution in [2.24, 2.45) is 0 Å². The molecule has 0 aliphatic rings. The monoisotopic (exact) mass is 455 g/mol. The molecule has 3 aromatic heterocycles. The molecule has 0 spiro atoms. The van der Waals surface area contributed by atoms with Crippen LogP contribution in [0.15, 0.2) is 38.3 Å². The zero-order valence-corrected chi connectivity index (χ0v) is 15.9. The van der Waals surface area contributed by atoms with E-state index in [2.05, 4.69) is 25.9 Å². The lowest BCUT2D eigenvalue weighted by Crippen LogP contribution is -2.20. The van der Waals surface area contributed by atoms with Gasteiger partial charge in [0.15, 0.2) is 0 Å². The van der Waals surface area contributed by atoms with Crippen molar-refractivity contribution in [3.63, 3.8) is 0 Å². The van der Waals surface area contributed by atoms with Crippen molar-refractivity contribution in [3.8, 4) is 11.3 Å². The lowest BCUT2D eigenvalue weighted by Gasteiger charge is -2.12. The van der Waals surface area contributed by atoms with Crippen molar-refractivity contribution < 1.29 is 13.2 Å². The first kappa shape index (κ1) is 17.9. The Bertz CT molecular complexity index is 1340. The third-order valence-electron chi connectivity index (χ3n) is 4.10.